The summed E-state index contributed by atoms with van der Waals surface area (Å²) in [5, 5.41) is 0. The minimum atomic E-state index is -0.172. The number of esters is 1. The highest BCUT2D eigenvalue weighted by Gasteiger charge is 2.74. The highest BCUT2D eigenvalue weighted by atomic mass is 16.5. The van der Waals surface area contributed by atoms with Gasteiger partial charge < -0.3 is 4.74 Å². The van der Waals surface area contributed by atoms with Crippen LogP contribution in [0.1, 0.15) is 19.8 Å². The van der Waals surface area contributed by atoms with E-state index in [9.17, 15) is 4.79 Å². The molecule has 0 amide bonds. The first-order valence-corrected chi connectivity index (χ1v) is 4.02. The van der Waals surface area contributed by atoms with Crippen LogP contribution < -0.4 is 0 Å². The fourth-order valence-corrected chi connectivity index (χ4v) is 2.24. The van der Waals surface area contributed by atoms with E-state index in [1.807, 2.05) is 13.0 Å². The largest absolute Gasteiger partial charge is 0.464 e. The van der Waals surface area contributed by atoms with E-state index >= 15 is 0 Å². The van der Waals surface area contributed by atoms with Crippen LogP contribution in [0.3, 0.4) is 0 Å². The summed E-state index contributed by atoms with van der Waals surface area (Å²) in [7, 11) is 0. The second kappa shape index (κ2) is 1.68. The smallest absolute Gasteiger partial charge is 0.313 e. The van der Waals surface area contributed by atoms with Crippen molar-refractivity contribution >= 4 is 5.97 Å². The second-order valence-electron chi connectivity index (χ2n) is 3.55. The second-order valence-corrected chi connectivity index (χ2v) is 3.55. The molecule has 0 N–H and O–H groups in total. The Hall–Kier alpha value is -0.790. The van der Waals surface area contributed by atoms with Crippen LogP contribution in [-0.2, 0) is 9.53 Å². The summed E-state index contributed by atoms with van der Waals surface area (Å²) in [4.78, 5) is 11.3. The fourth-order valence-electron chi connectivity index (χ4n) is 2.24. The van der Waals surface area contributed by atoms with E-state index in [1.165, 1.54) is 0 Å². The zero-order valence-electron chi connectivity index (χ0n) is 6.72. The highest BCUT2D eigenvalue weighted by molar-refractivity contribution is 5.85. The van der Waals surface area contributed by atoms with Crippen molar-refractivity contribution in [3.8, 4) is 0 Å². The molecule has 11 heavy (non-hydrogen) atoms. The lowest BCUT2D eigenvalue weighted by Crippen LogP contribution is -2.13. The van der Waals surface area contributed by atoms with Crippen LogP contribution in [-0.4, -0.2) is 12.6 Å². The van der Waals surface area contributed by atoms with Crippen molar-refractivity contribution in [2.45, 2.75) is 19.8 Å². The molecule has 2 heteroatoms. The Morgan fingerprint density at radius 1 is 1.82 bits per heavy atom. The van der Waals surface area contributed by atoms with E-state index in [0.29, 0.717) is 6.61 Å². The van der Waals surface area contributed by atoms with Gasteiger partial charge in [-0.25, -0.2) is 0 Å². The maximum Gasteiger partial charge on any atom is 0.313 e. The Balaban J connectivity index is 2.35. The van der Waals surface area contributed by atoms with Crippen molar-refractivity contribution in [3.05, 3.63) is 12.7 Å². The molecule has 2 aliphatic rings. The van der Waals surface area contributed by atoms with Crippen LogP contribution >= 0.6 is 0 Å². The number of hydrogen-bond acceptors (Lipinski definition) is 2. The predicted molar refractivity (Wildman–Crippen MR) is 40.9 cm³/mol. The third kappa shape index (κ3) is 0.525. The van der Waals surface area contributed by atoms with Gasteiger partial charge in [-0.1, -0.05) is 13.0 Å². The zero-order valence-corrected chi connectivity index (χ0v) is 6.72. The third-order valence-corrected chi connectivity index (χ3v) is 3.29. The summed E-state index contributed by atoms with van der Waals surface area (Å²) in [6.45, 7) is 6.35. The SMILES string of the molecule is C=C[C@]12COC(=O)[C@@]1(CC)C2. The van der Waals surface area contributed by atoms with E-state index in [0.717, 1.165) is 12.8 Å². The van der Waals surface area contributed by atoms with Gasteiger partial charge in [0.15, 0.2) is 0 Å². The molecule has 0 radical (unpaired) electrons. The molecule has 0 spiro atoms. The Bertz CT molecular complexity index is 234. The van der Waals surface area contributed by atoms with Crippen molar-refractivity contribution in [3.63, 3.8) is 0 Å². The average molecular weight is 152 g/mol. The van der Waals surface area contributed by atoms with Crippen LogP contribution in [0.15, 0.2) is 12.7 Å². The lowest BCUT2D eigenvalue weighted by Gasteiger charge is -2.04. The molecule has 2 fully saturated rings. The summed E-state index contributed by atoms with van der Waals surface area (Å²) >= 11 is 0. The molecule has 1 heterocycles. The van der Waals surface area contributed by atoms with Gasteiger partial charge in [-0.05, 0) is 12.8 Å². The summed E-state index contributed by atoms with van der Waals surface area (Å²) in [6, 6.07) is 0. The number of fused-ring (bicyclic) bond motifs is 1. The molecule has 1 aliphatic carbocycles. The van der Waals surface area contributed by atoms with E-state index in [-0.39, 0.29) is 16.8 Å². The van der Waals surface area contributed by atoms with Crippen LogP contribution in [0.25, 0.3) is 0 Å². The molecule has 2 atom stereocenters. The van der Waals surface area contributed by atoms with Crippen LogP contribution in [0.2, 0.25) is 0 Å². The van der Waals surface area contributed by atoms with Gasteiger partial charge in [0.2, 0.25) is 0 Å². The molecule has 2 rings (SSSR count). The molecule has 1 saturated heterocycles. The quantitative estimate of drug-likeness (QED) is 0.443. The van der Waals surface area contributed by atoms with Crippen LogP contribution in [0.5, 0.6) is 0 Å². The molecule has 2 nitrogen and oxygen atoms in total. The van der Waals surface area contributed by atoms with Gasteiger partial charge in [0.25, 0.3) is 0 Å². The first-order valence-electron chi connectivity index (χ1n) is 4.02. The van der Waals surface area contributed by atoms with Crippen molar-refractivity contribution in [2.75, 3.05) is 6.61 Å². The van der Waals surface area contributed by atoms with Gasteiger partial charge in [-0.15, -0.1) is 6.58 Å². The van der Waals surface area contributed by atoms with Crippen LogP contribution in [0.4, 0.5) is 0 Å². The lowest BCUT2D eigenvalue weighted by atomic mass is 9.93. The van der Waals surface area contributed by atoms with Gasteiger partial charge in [0.05, 0.1) is 5.41 Å². The summed E-state index contributed by atoms with van der Waals surface area (Å²) in [5.74, 6) is -0.0140. The Morgan fingerprint density at radius 3 is 2.91 bits per heavy atom. The Labute approximate surface area is 66.2 Å². The Morgan fingerprint density at radius 2 is 2.55 bits per heavy atom. The number of cyclic esters (lactones) is 1. The Kier molecular flexibility index (Phi) is 1.05. The average Bonchev–Trinajstić information content (AvgIpc) is 2.64. The standard InChI is InChI=1S/C9H12O2/c1-3-8-5-9(8,4-2)7(10)11-6-8/h3H,1,4-6H2,2H3/t8-,9+/m0/s1. The van der Waals surface area contributed by atoms with Crippen molar-refractivity contribution in [2.24, 2.45) is 10.8 Å². The number of carbonyl (C=O) groups is 1. The number of hydrogen-bond donors (Lipinski definition) is 0. The van der Waals surface area contributed by atoms with Crippen molar-refractivity contribution in [1.29, 1.82) is 0 Å². The molecule has 0 bridgehead atoms. The minimum Gasteiger partial charge on any atom is -0.464 e. The number of carbonyl (C=O) groups excluding carboxylic acids is 1. The molecule has 0 unspecified atom stereocenters. The first-order chi connectivity index (χ1) is 5.21. The van der Waals surface area contributed by atoms with E-state index in [1.54, 1.807) is 0 Å². The molecular formula is C9H12O2. The molecule has 0 aromatic rings. The monoisotopic (exact) mass is 152 g/mol. The van der Waals surface area contributed by atoms with Crippen molar-refractivity contribution < 1.29 is 9.53 Å². The maximum atomic E-state index is 11.3. The lowest BCUT2D eigenvalue weighted by molar-refractivity contribution is -0.144. The first kappa shape index (κ1) is 6.89. The number of ether oxygens (including phenoxy) is 1. The van der Waals surface area contributed by atoms with Gasteiger partial charge in [-0.3, -0.25) is 4.79 Å². The third-order valence-electron chi connectivity index (χ3n) is 3.29. The van der Waals surface area contributed by atoms with Crippen LogP contribution in [0, 0.1) is 10.8 Å². The van der Waals surface area contributed by atoms with Gasteiger partial charge >= 0.3 is 5.97 Å². The molecule has 0 aromatic heterocycles. The topological polar surface area (TPSA) is 26.3 Å². The highest BCUT2D eigenvalue weighted by Crippen LogP contribution is 2.70. The van der Waals surface area contributed by atoms with E-state index < -0.39 is 0 Å². The maximum absolute atomic E-state index is 11.3. The van der Waals surface area contributed by atoms with E-state index in [4.69, 9.17) is 4.74 Å². The normalized spacial score (nSPS) is 46.5. The summed E-state index contributed by atoms with van der Waals surface area (Å²) in [6.07, 6.45) is 3.73. The molecular weight excluding hydrogens is 140 g/mol. The van der Waals surface area contributed by atoms with Gasteiger partial charge in [-0.2, -0.15) is 0 Å². The fraction of sp³-hybridized carbons (Fsp3) is 0.667. The predicted octanol–water partition coefficient (Wildman–Crippen LogP) is 1.52. The molecule has 60 valence electrons. The van der Waals surface area contributed by atoms with Gasteiger partial charge in [0, 0.05) is 5.41 Å². The van der Waals surface area contributed by atoms with E-state index in [2.05, 4.69) is 6.58 Å². The van der Waals surface area contributed by atoms with Crippen molar-refractivity contribution in [1.82, 2.24) is 0 Å². The zero-order chi connectivity index (χ0) is 8.11. The molecule has 1 aliphatic heterocycles. The van der Waals surface area contributed by atoms with Gasteiger partial charge in [0.1, 0.15) is 6.61 Å². The summed E-state index contributed by atoms with van der Waals surface area (Å²) < 4.78 is 4.99. The molecule has 1 saturated carbocycles. The molecule has 0 aromatic carbocycles. The summed E-state index contributed by atoms with van der Waals surface area (Å²) in [5.41, 5.74) is -0.159. The minimum absolute atomic E-state index is 0.0127. The number of rotatable bonds is 2.